The number of esters is 1. The SMILES string of the molecule is C=CCOC(=O)[C@@H](NC(=O)[C@H](CCSC)NC(=O)CCCCC)[C@@H](C)O. The fourth-order valence-corrected chi connectivity index (χ4v) is 2.64. The van der Waals surface area contributed by atoms with Crippen LogP contribution in [-0.4, -0.2) is 59.7 Å². The van der Waals surface area contributed by atoms with Crippen molar-refractivity contribution < 1.29 is 24.2 Å². The lowest BCUT2D eigenvalue weighted by atomic mass is 10.1. The van der Waals surface area contributed by atoms with Gasteiger partial charge in [-0.15, -0.1) is 0 Å². The van der Waals surface area contributed by atoms with Crippen LogP contribution in [0.1, 0.15) is 46.0 Å². The van der Waals surface area contributed by atoms with Crippen molar-refractivity contribution in [2.45, 2.75) is 64.1 Å². The van der Waals surface area contributed by atoms with E-state index >= 15 is 0 Å². The Morgan fingerprint density at radius 3 is 2.50 bits per heavy atom. The molecule has 0 aliphatic carbocycles. The Balaban J connectivity index is 4.87. The van der Waals surface area contributed by atoms with Crippen molar-refractivity contribution in [2.24, 2.45) is 0 Å². The van der Waals surface area contributed by atoms with Gasteiger partial charge in [0, 0.05) is 6.42 Å². The second kappa shape index (κ2) is 14.6. The largest absolute Gasteiger partial charge is 0.460 e. The lowest BCUT2D eigenvalue weighted by Crippen LogP contribution is -2.55. The highest BCUT2D eigenvalue weighted by Gasteiger charge is 2.30. The topological polar surface area (TPSA) is 105 Å². The normalized spacial score (nSPS) is 14.0. The van der Waals surface area contributed by atoms with Crippen molar-refractivity contribution in [3.63, 3.8) is 0 Å². The zero-order chi connectivity index (χ0) is 19.9. The number of amides is 2. The maximum atomic E-state index is 12.5. The number of carbonyl (C=O) groups is 3. The number of carbonyl (C=O) groups excluding carboxylic acids is 3. The molecule has 8 heteroatoms. The number of ether oxygens (including phenoxy) is 1. The van der Waals surface area contributed by atoms with Gasteiger partial charge >= 0.3 is 5.97 Å². The van der Waals surface area contributed by atoms with Crippen LogP contribution in [0.4, 0.5) is 0 Å². The molecule has 0 unspecified atom stereocenters. The summed E-state index contributed by atoms with van der Waals surface area (Å²) in [5.74, 6) is -0.772. The number of nitrogens with one attached hydrogen (secondary N) is 2. The summed E-state index contributed by atoms with van der Waals surface area (Å²) < 4.78 is 4.90. The minimum Gasteiger partial charge on any atom is -0.460 e. The van der Waals surface area contributed by atoms with Crippen LogP contribution in [0.5, 0.6) is 0 Å². The fraction of sp³-hybridized carbons (Fsp3) is 0.722. The molecular formula is C18H32N2O5S. The summed E-state index contributed by atoms with van der Waals surface area (Å²) in [6.45, 7) is 6.87. The molecule has 0 aliphatic rings. The molecule has 0 aromatic rings. The van der Waals surface area contributed by atoms with E-state index in [9.17, 15) is 19.5 Å². The summed E-state index contributed by atoms with van der Waals surface area (Å²) in [7, 11) is 0. The molecule has 150 valence electrons. The lowest BCUT2D eigenvalue weighted by Gasteiger charge is -2.24. The van der Waals surface area contributed by atoms with E-state index in [2.05, 4.69) is 17.2 Å². The van der Waals surface area contributed by atoms with Gasteiger partial charge in [0.05, 0.1) is 6.10 Å². The van der Waals surface area contributed by atoms with E-state index in [1.807, 2.05) is 13.2 Å². The summed E-state index contributed by atoms with van der Waals surface area (Å²) in [5.41, 5.74) is 0. The van der Waals surface area contributed by atoms with Crippen LogP contribution < -0.4 is 10.6 Å². The molecule has 0 rings (SSSR count). The molecule has 0 radical (unpaired) electrons. The van der Waals surface area contributed by atoms with Crippen molar-refractivity contribution in [1.29, 1.82) is 0 Å². The molecule has 0 saturated carbocycles. The molecule has 0 saturated heterocycles. The van der Waals surface area contributed by atoms with Crippen LogP contribution in [0.2, 0.25) is 0 Å². The predicted octanol–water partition coefficient (Wildman–Crippen LogP) is 1.40. The zero-order valence-corrected chi connectivity index (χ0v) is 16.8. The van der Waals surface area contributed by atoms with Crippen LogP contribution in [-0.2, 0) is 19.1 Å². The Bertz CT molecular complexity index is 457. The first-order chi connectivity index (χ1) is 12.4. The summed E-state index contributed by atoms with van der Waals surface area (Å²) >= 11 is 1.56. The van der Waals surface area contributed by atoms with Crippen LogP contribution in [0, 0.1) is 0 Å². The second-order valence-electron chi connectivity index (χ2n) is 6.00. The standard InChI is InChI=1S/C18H32N2O5S/c1-5-7-8-9-15(22)19-14(10-12-26-4)17(23)20-16(13(3)21)18(24)25-11-6-2/h6,13-14,16,21H,2,5,7-12H2,1,3-4H3,(H,19,22)(H,20,23)/t13-,14+,16+/m1/s1. The Labute approximate surface area is 160 Å². The average molecular weight is 389 g/mol. The molecule has 3 atom stereocenters. The molecule has 0 aliphatic heterocycles. The van der Waals surface area contributed by atoms with Gasteiger partial charge in [-0.2, -0.15) is 11.8 Å². The molecule has 0 spiro atoms. The van der Waals surface area contributed by atoms with Gasteiger partial charge in [0.1, 0.15) is 12.6 Å². The third kappa shape index (κ3) is 10.5. The Kier molecular flexibility index (Phi) is 13.7. The van der Waals surface area contributed by atoms with E-state index in [1.165, 1.54) is 13.0 Å². The molecular weight excluding hydrogens is 356 g/mol. The van der Waals surface area contributed by atoms with E-state index in [4.69, 9.17) is 4.74 Å². The highest BCUT2D eigenvalue weighted by Crippen LogP contribution is 2.05. The van der Waals surface area contributed by atoms with E-state index in [-0.39, 0.29) is 12.5 Å². The molecule has 0 aromatic carbocycles. The number of unbranched alkanes of at least 4 members (excludes halogenated alkanes) is 2. The van der Waals surface area contributed by atoms with E-state index in [0.717, 1.165) is 19.3 Å². The van der Waals surface area contributed by atoms with Gasteiger partial charge < -0.3 is 20.5 Å². The van der Waals surface area contributed by atoms with Gasteiger partial charge in [-0.05, 0) is 31.8 Å². The Hall–Kier alpha value is -1.54. The fourth-order valence-electron chi connectivity index (χ4n) is 2.17. The molecule has 2 amide bonds. The summed E-state index contributed by atoms with van der Waals surface area (Å²) in [5, 5.41) is 15.0. The smallest absolute Gasteiger partial charge is 0.331 e. The summed E-state index contributed by atoms with van der Waals surface area (Å²) in [6, 6.07) is -1.96. The Morgan fingerprint density at radius 1 is 1.27 bits per heavy atom. The highest BCUT2D eigenvalue weighted by atomic mass is 32.2. The maximum absolute atomic E-state index is 12.5. The van der Waals surface area contributed by atoms with Gasteiger partial charge in [0.2, 0.25) is 11.8 Å². The molecule has 7 nitrogen and oxygen atoms in total. The van der Waals surface area contributed by atoms with Gasteiger partial charge in [-0.25, -0.2) is 4.79 Å². The minimum absolute atomic E-state index is 0.0119. The molecule has 0 bridgehead atoms. The molecule has 3 N–H and O–H groups in total. The van der Waals surface area contributed by atoms with Crippen molar-refractivity contribution in [3.05, 3.63) is 12.7 Å². The van der Waals surface area contributed by atoms with E-state index < -0.39 is 30.1 Å². The van der Waals surface area contributed by atoms with Crippen LogP contribution >= 0.6 is 11.8 Å². The van der Waals surface area contributed by atoms with Gasteiger partial charge in [-0.1, -0.05) is 32.4 Å². The number of hydrogen-bond acceptors (Lipinski definition) is 6. The van der Waals surface area contributed by atoms with Crippen molar-refractivity contribution in [3.8, 4) is 0 Å². The van der Waals surface area contributed by atoms with Crippen LogP contribution in [0.25, 0.3) is 0 Å². The quantitative estimate of drug-likeness (QED) is 0.236. The third-order valence-corrected chi connectivity index (χ3v) is 4.29. The number of aliphatic hydroxyl groups excluding tert-OH is 1. The van der Waals surface area contributed by atoms with Crippen LogP contribution in [0.3, 0.4) is 0 Å². The van der Waals surface area contributed by atoms with Gasteiger partial charge in [0.15, 0.2) is 6.04 Å². The minimum atomic E-state index is -1.20. The monoisotopic (exact) mass is 388 g/mol. The van der Waals surface area contributed by atoms with Gasteiger partial charge in [-0.3, -0.25) is 9.59 Å². The predicted molar refractivity (Wildman–Crippen MR) is 104 cm³/mol. The number of aliphatic hydroxyl groups is 1. The Morgan fingerprint density at radius 2 is 1.96 bits per heavy atom. The van der Waals surface area contributed by atoms with Crippen LogP contribution in [0.15, 0.2) is 12.7 Å². The first-order valence-corrected chi connectivity index (χ1v) is 10.3. The van der Waals surface area contributed by atoms with Gasteiger partial charge in [0.25, 0.3) is 0 Å². The van der Waals surface area contributed by atoms with Crippen molar-refractivity contribution in [2.75, 3.05) is 18.6 Å². The first-order valence-electron chi connectivity index (χ1n) is 8.91. The number of thioether (sulfide) groups is 1. The summed E-state index contributed by atoms with van der Waals surface area (Å²) in [6.07, 6.45) is 5.70. The first kappa shape index (κ1) is 24.5. The molecule has 0 heterocycles. The number of hydrogen-bond donors (Lipinski definition) is 3. The average Bonchev–Trinajstić information content (AvgIpc) is 2.60. The van der Waals surface area contributed by atoms with E-state index in [0.29, 0.717) is 18.6 Å². The molecule has 26 heavy (non-hydrogen) atoms. The number of rotatable bonds is 14. The summed E-state index contributed by atoms with van der Waals surface area (Å²) in [4.78, 5) is 36.6. The molecule has 0 aromatic heterocycles. The second-order valence-corrected chi connectivity index (χ2v) is 6.99. The van der Waals surface area contributed by atoms with E-state index in [1.54, 1.807) is 11.8 Å². The lowest BCUT2D eigenvalue weighted by molar-refractivity contribution is -0.150. The zero-order valence-electron chi connectivity index (χ0n) is 16.0. The van der Waals surface area contributed by atoms with Crippen molar-refractivity contribution in [1.82, 2.24) is 10.6 Å². The van der Waals surface area contributed by atoms with Crippen molar-refractivity contribution >= 4 is 29.5 Å². The third-order valence-electron chi connectivity index (χ3n) is 3.65. The molecule has 0 fully saturated rings. The maximum Gasteiger partial charge on any atom is 0.331 e. The highest BCUT2D eigenvalue weighted by molar-refractivity contribution is 7.98.